The van der Waals surface area contributed by atoms with Gasteiger partial charge in [0, 0.05) is 29.3 Å². The van der Waals surface area contributed by atoms with Crippen molar-refractivity contribution >= 4 is 33.6 Å². The Bertz CT molecular complexity index is 1650. The molecular formula is C27H22N6OS. The molecule has 0 fully saturated rings. The van der Waals surface area contributed by atoms with Crippen LogP contribution in [-0.4, -0.2) is 19.5 Å². The molecule has 0 bridgehead atoms. The van der Waals surface area contributed by atoms with Crippen molar-refractivity contribution in [2.45, 2.75) is 26.8 Å². The van der Waals surface area contributed by atoms with E-state index in [1.807, 2.05) is 74.6 Å². The first-order valence-electron chi connectivity index (χ1n) is 11.1. The first-order valence-corrected chi connectivity index (χ1v) is 11.9. The number of pyridine rings is 1. The lowest BCUT2D eigenvalue weighted by atomic mass is 10.0. The summed E-state index contributed by atoms with van der Waals surface area (Å²) in [5, 5.41) is 5.78. The van der Waals surface area contributed by atoms with E-state index >= 15 is 0 Å². The number of fused-ring (bicyclic) bond motifs is 1. The van der Waals surface area contributed by atoms with Gasteiger partial charge in [0.25, 0.3) is 5.56 Å². The molecule has 0 aliphatic carbocycles. The van der Waals surface area contributed by atoms with E-state index in [1.54, 1.807) is 22.8 Å². The van der Waals surface area contributed by atoms with Crippen LogP contribution in [-0.2, 0) is 0 Å². The molecule has 0 amide bonds. The Morgan fingerprint density at radius 3 is 2.57 bits per heavy atom. The normalized spacial score (nSPS) is 11.8. The highest BCUT2D eigenvalue weighted by molar-refractivity contribution is 7.15. The van der Waals surface area contributed by atoms with Crippen molar-refractivity contribution in [3.05, 3.63) is 105 Å². The predicted octanol–water partition coefficient (Wildman–Crippen LogP) is 6.24. The van der Waals surface area contributed by atoms with Crippen LogP contribution in [0, 0.1) is 20.4 Å². The molecule has 1 N–H and O–H groups in total. The van der Waals surface area contributed by atoms with Gasteiger partial charge in [-0.2, -0.15) is 0 Å². The highest BCUT2D eigenvalue weighted by atomic mass is 32.1. The zero-order valence-corrected chi connectivity index (χ0v) is 20.3. The standard InChI is InChI=1S/C27H22N6OS/c1-16(31-26-22(28-4)14-29-17(2)32-26)23-13-19-9-8-12-21(24-15-30-18(3)35-24)25(19)27(34)33(23)20-10-6-5-7-11-20/h5-16H,1-3H3,(H,29,31,32)/t16-/m0/s1. The third-order valence-corrected chi connectivity index (χ3v) is 6.73. The second-order valence-corrected chi connectivity index (χ2v) is 9.42. The molecule has 0 aliphatic heterocycles. The predicted molar refractivity (Wildman–Crippen MR) is 140 cm³/mol. The van der Waals surface area contributed by atoms with Gasteiger partial charge in [0.1, 0.15) is 11.6 Å². The van der Waals surface area contributed by atoms with Crippen LogP contribution in [0.4, 0.5) is 11.5 Å². The second kappa shape index (κ2) is 9.12. The fourth-order valence-electron chi connectivity index (χ4n) is 4.17. The van der Waals surface area contributed by atoms with Crippen molar-refractivity contribution < 1.29 is 0 Å². The van der Waals surface area contributed by atoms with Gasteiger partial charge >= 0.3 is 0 Å². The number of nitrogens with zero attached hydrogens (tertiary/aromatic N) is 5. The fourth-order valence-corrected chi connectivity index (χ4v) is 4.98. The minimum absolute atomic E-state index is 0.108. The summed E-state index contributed by atoms with van der Waals surface area (Å²) in [6, 6.07) is 17.2. The van der Waals surface area contributed by atoms with Crippen LogP contribution in [0.3, 0.4) is 0 Å². The second-order valence-electron chi connectivity index (χ2n) is 8.19. The maximum Gasteiger partial charge on any atom is 0.263 e. The van der Waals surface area contributed by atoms with Crippen LogP contribution in [0.5, 0.6) is 0 Å². The van der Waals surface area contributed by atoms with Crippen LogP contribution in [0.2, 0.25) is 0 Å². The topological polar surface area (TPSA) is 77.1 Å². The number of anilines is 1. The average molecular weight is 479 g/mol. The van der Waals surface area contributed by atoms with Gasteiger partial charge in [0.2, 0.25) is 5.69 Å². The molecule has 7 nitrogen and oxygen atoms in total. The van der Waals surface area contributed by atoms with Crippen molar-refractivity contribution in [2.75, 3.05) is 5.32 Å². The van der Waals surface area contributed by atoms with Crippen LogP contribution >= 0.6 is 11.3 Å². The van der Waals surface area contributed by atoms with Crippen molar-refractivity contribution in [2.24, 2.45) is 0 Å². The van der Waals surface area contributed by atoms with Crippen LogP contribution in [0.1, 0.15) is 29.5 Å². The number of aryl methyl sites for hydroxylation is 2. The molecule has 0 unspecified atom stereocenters. The number of hydrogen-bond donors (Lipinski definition) is 1. The Morgan fingerprint density at radius 2 is 1.86 bits per heavy atom. The summed E-state index contributed by atoms with van der Waals surface area (Å²) in [6.45, 7) is 13.2. The van der Waals surface area contributed by atoms with E-state index in [0.717, 1.165) is 32.2 Å². The zero-order chi connectivity index (χ0) is 24.5. The third kappa shape index (κ3) is 4.18. The summed E-state index contributed by atoms with van der Waals surface area (Å²) in [4.78, 5) is 31.6. The summed E-state index contributed by atoms with van der Waals surface area (Å²) in [5.41, 5.74) is 2.63. The summed E-state index contributed by atoms with van der Waals surface area (Å²) in [7, 11) is 0. The number of aromatic nitrogens is 4. The molecule has 1 atom stereocenters. The Balaban J connectivity index is 1.74. The van der Waals surface area contributed by atoms with Crippen LogP contribution in [0.25, 0.3) is 31.7 Å². The largest absolute Gasteiger partial charge is 0.371 e. The number of nitrogens with one attached hydrogen (secondary N) is 1. The smallest absolute Gasteiger partial charge is 0.263 e. The van der Waals surface area contributed by atoms with E-state index in [-0.39, 0.29) is 11.6 Å². The molecule has 2 aromatic carbocycles. The summed E-state index contributed by atoms with van der Waals surface area (Å²) >= 11 is 1.57. The lowest BCUT2D eigenvalue weighted by Gasteiger charge is -2.22. The first kappa shape index (κ1) is 22.4. The molecule has 0 radical (unpaired) electrons. The Labute approximate surface area is 206 Å². The van der Waals surface area contributed by atoms with Gasteiger partial charge in [-0.15, -0.1) is 11.3 Å². The van der Waals surface area contributed by atoms with Gasteiger partial charge in [0.15, 0.2) is 0 Å². The minimum atomic E-state index is -0.323. The summed E-state index contributed by atoms with van der Waals surface area (Å²) in [5.74, 6) is 1.01. The molecule has 5 aromatic rings. The first-order chi connectivity index (χ1) is 17.0. The highest BCUT2D eigenvalue weighted by Gasteiger charge is 2.20. The van der Waals surface area contributed by atoms with Crippen LogP contribution < -0.4 is 10.9 Å². The summed E-state index contributed by atoms with van der Waals surface area (Å²) in [6.07, 6.45) is 3.33. The highest BCUT2D eigenvalue weighted by Crippen LogP contribution is 2.33. The van der Waals surface area contributed by atoms with E-state index in [2.05, 4.69) is 25.1 Å². The molecule has 3 heterocycles. The number of thiazole rings is 1. The maximum atomic E-state index is 14.1. The molecular weight excluding hydrogens is 456 g/mol. The van der Waals surface area contributed by atoms with Crippen LogP contribution in [0.15, 0.2) is 71.8 Å². The van der Waals surface area contributed by atoms with Crippen molar-refractivity contribution in [3.63, 3.8) is 0 Å². The third-order valence-electron chi connectivity index (χ3n) is 5.78. The zero-order valence-electron chi connectivity index (χ0n) is 19.5. The monoisotopic (exact) mass is 478 g/mol. The molecule has 35 heavy (non-hydrogen) atoms. The molecule has 0 saturated carbocycles. The van der Waals surface area contributed by atoms with E-state index in [1.165, 1.54) is 6.20 Å². The van der Waals surface area contributed by atoms with E-state index < -0.39 is 0 Å². The maximum absolute atomic E-state index is 14.1. The van der Waals surface area contributed by atoms with Gasteiger partial charge in [-0.1, -0.05) is 36.4 Å². The molecule has 0 aliphatic rings. The van der Waals surface area contributed by atoms with Gasteiger partial charge in [-0.25, -0.2) is 14.8 Å². The van der Waals surface area contributed by atoms with E-state index in [9.17, 15) is 4.79 Å². The number of para-hydroxylation sites is 1. The molecule has 3 aromatic heterocycles. The van der Waals surface area contributed by atoms with E-state index in [4.69, 9.17) is 6.57 Å². The van der Waals surface area contributed by atoms with Gasteiger partial charge in [-0.3, -0.25) is 14.3 Å². The lowest BCUT2D eigenvalue weighted by Crippen LogP contribution is -2.26. The van der Waals surface area contributed by atoms with Gasteiger partial charge < -0.3 is 5.32 Å². The molecule has 8 heteroatoms. The summed E-state index contributed by atoms with van der Waals surface area (Å²) < 4.78 is 1.74. The lowest BCUT2D eigenvalue weighted by molar-refractivity contribution is 0.772. The number of benzene rings is 2. The number of rotatable bonds is 5. The van der Waals surface area contributed by atoms with Crippen molar-refractivity contribution in [3.8, 4) is 16.1 Å². The quantitative estimate of drug-likeness (QED) is 0.302. The van der Waals surface area contributed by atoms with Crippen molar-refractivity contribution in [1.29, 1.82) is 0 Å². The van der Waals surface area contributed by atoms with E-state index in [0.29, 0.717) is 22.7 Å². The fraction of sp³-hybridized carbons (Fsp3) is 0.148. The minimum Gasteiger partial charge on any atom is -0.371 e. The SMILES string of the molecule is [C-]#[N+]c1cnc(C)nc1N[C@@H](C)c1cc2cccc(-c3cnc(C)s3)c2c(=O)n1-c1ccccc1. The van der Waals surface area contributed by atoms with Crippen molar-refractivity contribution in [1.82, 2.24) is 19.5 Å². The molecule has 5 rings (SSSR count). The molecule has 172 valence electrons. The Morgan fingerprint density at radius 1 is 1.06 bits per heavy atom. The Hall–Kier alpha value is -4.35. The average Bonchev–Trinajstić information content (AvgIpc) is 3.30. The molecule has 0 saturated heterocycles. The van der Waals surface area contributed by atoms with Gasteiger partial charge in [0.05, 0.1) is 27.9 Å². The van der Waals surface area contributed by atoms with Gasteiger partial charge in [-0.05, 0) is 44.4 Å². The molecule has 0 spiro atoms. The Kier molecular flexibility index (Phi) is 5.85. The number of hydrogen-bond acceptors (Lipinski definition) is 6.